The van der Waals surface area contributed by atoms with E-state index in [9.17, 15) is 14.0 Å². The Morgan fingerprint density at radius 3 is 1.95 bits per heavy atom. The van der Waals surface area contributed by atoms with Crippen LogP contribution in [-0.4, -0.2) is 30.8 Å². The summed E-state index contributed by atoms with van der Waals surface area (Å²) in [5.74, 6) is 1.88. The Morgan fingerprint density at radius 2 is 1.39 bits per heavy atom. The van der Waals surface area contributed by atoms with Crippen molar-refractivity contribution < 1.29 is 28.2 Å². The first-order valence-electron chi connectivity index (χ1n) is 12.5. The number of aromatic nitrogens is 1. The number of halogens is 1. The fourth-order valence-electron chi connectivity index (χ4n) is 4.89. The molecule has 1 fully saturated rings. The molecule has 38 heavy (non-hydrogen) atoms. The number of rotatable bonds is 10. The van der Waals surface area contributed by atoms with Crippen LogP contribution < -0.4 is 14.2 Å². The molecule has 4 aromatic rings. The van der Waals surface area contributed by atoms with Crippen molar-refractivity contribution in [1.82, 2.24) is 4.98 Å². The van der Waals surface area contributed by atoms with Crippen LogP contribution in [0.1, 0.15) is 30.4 Å². The second-order valence-electron chi connectivity index (χ2n) is 9.54. The highest BCUT2D eigenvalue weighted by molar-refractivity contribution is 6.09. The monoisotopic (exact) mass is 513 g/mol. The molecular weight excluding hydrogens is 485 g/mol. The first-order valence-corrected chi connectivity index (χ1v) is 12.5. The number of hydrogen-bond donors (Lipinski definition) is 0. The lowest BCUT2D eigenvalue weighted by atomic mass is 9.61. The number of carbonyl (C=O) groups excluding carboxylic acids is 2. The maximum absolute atomic E-state index is 13.3. The van der Waals surface area contributed by atoms with Crippen LogP contribution in [0.3, 0.4) is 0 Å². The standard InChI is InChI=1S/C31H28FNO5/c1-36-27-18-24-25(19-28(27)37-2)33-15-12-26(24)38-23-10-6-21(7-11-23)17-30(35)31(13-3-14-31)29(34)16-20-4-8-22(32)9-5-20/h4-12,15,18-19H,3,13-14,16-17H2,1-2H3. The summed E-state index contributed by atoms with van der Waals surface area (Å²) in [5.41, 5.74) is 1.30. The molecule has 194 valence electrons. The van der Waals surface area contributed by atoms with E-state index in [1.165, 1.54) is 12.1 Å². The zero-order valence-electron chi connectivity index (χ0n) is 21.3. The smallest absolute Gasteiger partial charge is 0.162 e. The van der Waals surface area contributed by atoms with E-state index in [-0.39, 0.29) is 30.2 Å². The van der Waals surface area contributed by atoms with Gasteiger partial charge in [-0.15, -0.1) is 0 Å². The molecule has 0 spiro atoms. The third-order valence-electron chi connectivity index (χ3n) is 7.28. The molecule has 6 nitrogen and oxygen atoms in total. The quantitative estimate of drug-likeness (QED) is 0.233. The van der Waals surface area contributed by atoms with Crippen LogP contribution in [0.25, 0.3) is 10.9 Å². The van der Waals surface area contributed by atoms with E-state index in [2.05, 4.69) is 4.98 Å². The SMILES string of the molecule is COc1cc2nccc(Oc3ccc(CC(=O)C4(C(=O)Cc5ccc(F)cc5)CCC4)cc3)c2cc1OC. The van der Waals surface area contributed by atoms with Gasteiger partial charge in [-0.1, -0.05) is 30.7 Å². The number of hydrogen-bond acceptors (Lipinski definition) is 6. The van der Waals surface area contributed by atoms with Gasteiger partial charge in [0.05, 0.1) is 25.2 Å². The molecule has 0 atom stereocenters. The zero-order chi connectivity index (χ0) is 26.7. The third kappa shape index (κ3) is 4.96. The van der Waals surface area contributed by atoms with Gasteiger partial charge >= 0.3 is 0 Å². The number of methoxy groups -OCH3 is 2. The van der Waals surface area contributed by atoms with Gasteiger partial charge in [0.2, 0.25) is 0 Å². The summed E-state index contributed by atoms with van der Waals surface area (Å²) in [6.45, 7) is 0. The minimum Gasteiger partial charge on any atom is -0.493 e. The van der Waals surface area contributed by atoms with Crippen LogP contribution in [0.2, 0.25) is 0 Å². The molecule has 0 aliphatic heterocycles. The summed E-state index contributed by atoms with van der Waals surface area (Å²) in [6.07, 6.45) is 3.95. The summed E-state index contributed by atoms with van der Waals surface area (Å²) >= 11 is 0. The Balaban J connectivity index is 1.29. The van der Waals surface area contributed by atoms with Gasteiger partial charge < -0.3 is 14.2 Å². The highest BCUT2D eigenvalue weighted by Crippen LogP contribution is 2.44. The van der Waals surface area contributed by atoms with Crippen molar-refractivity contribution >= 4 is 22.5 Å². The van der Waals surface area contributed by atoms with Crippen LogP contribution in [0.15, 0.2) is 72.9 Å². The second-order valence-corrected chi connectivity index (χ2v) is 9.54. The second kappa shape index (κ2) is 10.6. The molecule has 1 aliphatic carbocycles. The van der Waals surface area contributed by atoms with Gasteiger partial charge in [-0.25, -0.2) is 4.39 Å². The maximum atomic E-state index is 13.3. The van der Waals surface area contributed by atoms with E-state index < -0.39 is 5.41 Å². The van der Waals surface area contributed by atoms with Gasteiger partial charge in [0.1, 0.15) is 17.3 Å². The minimum absolute atomic E-state index is 0.0642. The summed E-state index contributed by atoms with van der Waals surface area (Å²) in [7, 11) is 3.15. The largest absolute Gasteiger partial charge is 0.493 e. The van der Waals surface area contributed by atoms with E-state index >= 15 is 0 Å². The predicted molar refractivity (Wildman–Crippen MR) is 141 cm³/mol. The van der Waals surface area contributed by atoms with Crippen LogP contribution >= 0.6 is 0 Å². The van der Waals surface area contributed by atoms with Gasteiger partial charge in [-0.05, 0) is 60.4 Å². The minimum atomic E-state index is -0.945. The summed E-state index contributed by atoms with van der Waals surface area (Å²) in [6, 6.07) is 18.6. The normalized spacial score (nSPS) is 14.0. The lowest BCUT2D eigenvalue weighted by Gasteiger charge is -2.39. The lowest BCUT2D eigenvalue weighted by Crippen LogP contribution is -2.46. The molecule has 0 N–H and O–H groups in total. The third-order valence-corrected chi connectivity index (χ3v) is 7.28. The summed E-state index contributed by atoms with van der Waals surface area (Å²) in [5, 5.41) is 0.774. The molecular formula is C31H28FNO5. The average molecular weight is 514 g/mol. The average Bonchev–Trinajstić information content (AvgIpc) is 2.90. The first-order chi connectivity index (χ1) is 18.4. The van der Waals surface area contributed by atoms with Gasteiger partial charge in [-0.3, -0.25) is 14.6 Å². The van der Waals surface area contributed by atoms with E-state index in [0.29, 0.717) is 41.4 Å². The molecule has 1 heterocycles. The Hall–Kier alpha value is -4.26. The Morgan fingerprint density at radius 1 is 0.816 bits per heavy atom. The zero-order valence-corrected chi connectivity index (χ0v) is 21.3. The summed E-state index contributed by atoms with van der Waals surface area (Å²) in [4.78, 5) is 30.8. The predicted octanol–water partition coefficient (Wildman–Crippen LogP) is 6.28. The fourth-order valence-corrected chi connectivity index (χ4v) is 4.89. The van der Waals surface area contributed by atoms with Gasteiger partial charge in [-0.2, -0.15) is 0 Å². The Kier molecular flexibility index (Phi) is 7.09. The molecule has 1 aliphatic rings. The number of pyridine rings is 1. The molecule has 0 unspecified atom stereocenters. The number of benzene rings is 3. The van der Waals surface area contributed by atoms with Crippen molar-refractivity contribution in [1.29, 1.82) is 0 Å². The molecule has 1 saturated carbocycles. The summed E-state index contributed by atoms with van der Waals surface area (Å²) < 4.78 is 30.1. The molecule has 0 saturated heterocycles. The highest BCUT2D eigenvalue weighted by Gasteiger charge is 2.49. The van der Waals surface area contributed by atoms with Gasteiger partial charge in [0, 0.05) is 30.5 Å². The Labute approximate surface area is 220 Å². The molecule has 3 aromatic carbocycles. The van der Waals surface area contributed by atoms with Crippen molar-refractivity contribution in [2.45, 2.75) is 32.1 Å². The molecule has 5 rings (SSSR count). The molecule has 0 amide bonds. The molecule has 0 bridgehead atoms. The number of nitrogens with zero attached hydrogens (tertiary/aromatic N) is 1. The maximum Gasteiger partial charge on any atom is 0.162 e. The van der Waals surface area contributed by atoms with Crippen molar-refractivity contribution in [3.63, 3.8) is 0 Å². The van der Waals surface area contributed by atoms with Crippen molar-refractivity contribution in [3.8, 4) is 23.0 Å². The van der Waals surface area contributed by atoms with Crippen molar-refractivity contribution in [2.75, 3.05) is 14.2 Å². The van der Waals surface area contributed by atoms with Crippen molar-refractivity contribution in [2.24, 2.45) is 5.41 Å². The highest BCUT2D eigenvalue weighted by atomic mass is 19.1. The molecule has 0 radical (unpaired) electrons. The Bertz CT molecular complexity index is 1480. The van der Waals surface area contributed by atoms with Crippen LogP contribution in [0, 0.1) is 11.2 Å². The van der Waals surface area contributed by atoms with E-state index in [4.69, 9.17) is 14.2 Å². The van der Waals surface area contributed by atoms with Crippen LogP contribution in [-0.2, 0) is 22.4 Å². The number of ether oxygens (including phenoxy) is 3. The number of fused-ring (bicyclic) bond motifs is 1. The van der Waals surface area contributed by atoms with Crippen LogP contribution in [0.4, 0.5) is 4.39 Å². The number of Topliss-reactive ketones (excluding diaryl/α,β-unsaturated/α-hetero) is 2. The van der Waals surface area contributed by atoms with Gasteiger partial charge in [0.15, 0.2) is 23.1 Å². The van der Waals surface area contributed by atoms with Crippen molar-refractivity contribution in [3.05, 3.63) is 89.9 Å². The lowest BCUT2D eigenvalue weighted by molar-refractivity contribution is -0.145. The number of ketones is 2. The van der Waals surface area contributed by atoms with Crippen LogP contribution in [0.5, 0.6) is 23.0 Å². The molecule has 7 heteroatoms. The molecule has 1 aromatic heterocycles. The van der Waals surface area contributed by atoms with E-state index in [0.717, 1.165) is 22.9 Å². The van der Waals surface area contributed by atoms with E-state index in [1.54, 1.807) is 44.7 Å². The first kappa shape index (κ1) is 25.4. The fraction of sp³-hybridized carbons (Fsp3) is 0.258. The van der Waals surface area contributed by atoms with Gasteiger partial charge in [0.25, 0.3) is 0 Å². The van der Waals surface area contributed by atoms with E-state index in [1.807, 2.05) is 30.3 Å². The number of carbonyl (C=O) groups is 2. The topological polar surface area (TPSA) is 74.7 Å².